The number of likely N-dealkylation sites (tertiary alicyclic amines) is 1. The number of aromatic nitrogens is 1. The van der Waals surface area contributed by atoms with E-state index in [4.69, 9.17) is 16.3 Å². The Morgan fingerprint density at radius 1 is 1.17 bits per heavy atom. The second-order valence-electron chi connectivity index (χ2n) is 10.3. The lowest BCUT2D eigenvalue weighted by Crippen LogP contribution is -2.35. The Kier molecular flexibility index (Phi) is 5.43. The van der Waals surface area contributed by atoms with Crippen molar-refractivity contribution < 1.29 is 14.3 Å². The summed E-state index contributed by atoms with van der Waals surface area (Å²) in [6.07, 6.45) is 4.81. The van der Waals surface area contributed by atoms with E-state index in [0.29, 0.717) is 13.2 Å². The smallest absolute Gasteiger partial charge is 0.234 e. The number of piperidine rings is 1. The number of benzene rings is 1. The molecule has 0 bridgehead atoms. The van der Waals surface area contributed by atoms with Gasteiger partial charge in [0.25, 0.3) is 0 Å². The van der Waals surface area contributed by atoms with Crippen molar-refractivity contribution in [3.05, 3.63) is 45.4 Å². The van der Waals surface area contributed by atoms with E-state index in [-0.39, 0.29) is 29.1 Å². The molecule has 2 fully saturated rings. The van der Waals surface area contributed by atoms with Crippen LogP contribution >= 0.6 is 22.9 Å². The van der Waals surface area contributed by atoms with Crippen molar-refractivity contribution in [3.8, 4) is 16.9 Å². The summed E-state index contributed by atoms with van der Waals surface area (Å²) >= 11 is 8.32. The maximum absolute atomic E-state index is 12.9. The van der Waals surface area contributed by atoms with Crippen molar-refractivity contribution in [1.82, 2.24) is 15.2 Å². The zero-order chi connectivity index (χ0) is 24.5. The Hall–Kier alpha value is -2.48. The van der Waals surface area contributed by atoms with E-state index >= 15 is 0 Å². The van der Waals surface area contributed by atoms with Crippen LogP contribution in [-0.4, -0.2) is 41.9 Å². The summed E-state index contributed by atoms with van der Waals surface area (Å²) < 4.78 is 7.34. The lowest BCUT2D eigenvalue weighted by atomic mass is 9.98. The highest BCUT2D eigenvalue weighted by molar-refractivity contribution is 7.19. The number of hydrogen-bond acceptors (Lipinski definition) is 6. The van der Waals surface area contributed by atoms with E-state index in [1.54, 1.807) is 17.5 Å². The Balaban J connectivity index is 1.38. The third-order valence-electron chi connectivity index (χ3n) is 7.85. The first-order valence-corrected chi connectivity index (χ1v) is 13.4. The Bertz CT molecular complexity index is 1360. The predicted molar refractivity (Wildman–Crippen MR) is 138 cm³/mol. The molecule has 3 aromatic rings. The summed E-state index contributed by atoms with van der Waals surface area (Å²) in [6, 6.07) is 6.03. The van der Waals surface area contributed by atoms with Gasteiger partial charge in [0.05, 0.1) is 28.6 Å². The maximum atomic E-state index is 12.9. The number of likely N-dealkylation sites (N-methyl/N-ethyl adjacent to an activating group) is 1. The number of rotatable bonds is 7. The van der Waals surface area contributed by atoms with Gasteiger partial charge in [-0.1, -0.05) is 25.4 Å². The van der Waals surface area contributed by atoms with E-state index in [2.05, 4.69) is 10.3 Å². The minimum atomic E-state index is -0.198. The fraction of sp³-hybridized carbons (Fsp3) is 0.444. The van der Waals surface area contributed by atoms with E-state index in [1.807, 2.05) is 39.1 Å². The molecule has 2 aliphatic carbocycles. The first-order chi connectivity index (χ1) is 16.8. The third kappa shape index (κ3) is 3.51. The molecule has 8 heteroatoms. The zero-order valence-electron chi connectivity index (χ0n) is 20.1. The molecule has 1 N–H and O–H groups in total. The van der Waals surface area contributed by atoms with Crippen molar-refractivity contribution in [2.24, 2.45) is 17.3 Å². The molecule has 0 spiro atoms. The lowest BCUT2D eigenvalue weighted by molar-refractivity contribution is -0.143. The molecule has 2 amide bonds. The van der Waals surface area contributed by atoms with Crippen LogP contribution in [0.1, 0.15) is 36.3 Å². The molecule has 2 atom stereocenters. The molecular formula is C27H28ClN3O3S. The highest BCUT2D eigenvalue weighted by atomic mass is 35.5. The van der Waals surface area contributed by atoms with Gasteiger partial charge in [-0.05, 0) is 61.1 Å². The fourth-order valence-electron chi connectivity index (χ4n) is 5.91. The van der Waals surface area contributed by atoms with E-state index in [9.17, 15) is 9.59 Å². The largest absolute Gasteiger partial charge is 0.491 e. The van der Waals surface area contributed by atoms with Crippen LogP contribution in [-0.2, 0) is 29.0 Å². The number of amides is 2. The van der Waals surface area contributed by atoms with Crippen LogP contribution in [0.25, 0.3) is 21.3 Å². The maximum Gasteiger partial charge on any atom is 0.234 e. The Morgan fingerprint density at radius 3 is 2.66 bits per heavy atom. The standard InChI is InChI=1S/C27H28ClN3O3S/c1-27(2)21-22(27)26(33)31(25(21)32)13-14-11-20-24(35-14)17(7-8-30-20)18-12-19(28)15-5-4-6-16(15)23(18)34-10-9-29-3/h7-8,11-12,21-22,29H,4-6,9-10,13H2,1-3H3. The van der Waals surface area contributed by atoms with Crippen molar-refractivity contribution in [3.63, 3.8) is 0 Å². The molecular weight excluding hydrogens is 482 g/mol. The zero-order valence-corrected chi connectivity index (χ0v) is 21.7. The monoisotopic (exact) mass is 509 g/mol. The molecule has 0 radical (unpaired) electrons. The van der Waals surface area contributed by atoms with Crippen molar-refractivity contribution >= 4 is 45.0 Å². The number of ether oxygens (including phenoxy) is 1. The lowest BCUT2D eigenvalue weighted by Gasteiger charge is -2.19. The number of carbonyl (C=O) groups excluding carboxylic acids is 2. The molecule has 6 nitrogen and oxygen atoms in total. The van der Waals surface area contributed by atoms with Gasteiger partial charge in [-0.15, -0.1) is 11.3 Å². The molecule has 182 valence electrons. The molecule has 2 unspecified atom stereocenters. The van der Waals surface area contributed by atoms with Gasteiger partial charge < -0.3 is 10.1 Å². The molecule has 6 rings (SSSR count). The number of thiophene rings is 1. The quantitative estimate of drug-likeness (QED) is 0.364. The summed E-state index contributed by atoms with van der Waals surface area (Å²) in [5.41, 5.74) is 5.05. The molecule has 1 aromatic carbocycles. The number of carbonyl (C=O) groups is 2. The van der Waals surface area contributed by atoms with Gasteiger partial charge in [-0.3, -0.25) is 19.5 Å². The van der Waals surface area contributed by atoms with Crippen LogP contribution in [0, 0.1) is 17.3 Å². The Labute approximate surface area is 213 Å². The van der Waals surface area contributed by atoms with Gasteiger partial charge in [0.15, 0.2) is 0 Å². The number of nitrogens with zero attached hydrogens (tertiary/aromatic N) is 2. The van der Waals surface area contributed by atoms with E-state index in [0.717, 1.165) is 62.8 Å². The molecule has 2 aromatic heterocycles. The van der Waals surface area contributed by atoms with Crippen LogP contribution in [0.15, 0.2) is 24.4 Å². The van der Waals surface area contributed by atoms with Gasteiger partial charge >= 0.3 is 0 Å². The summed E-state index contributed by atoms with van der Waals surface area (Å²) in [4.78, 5) is 32.7. The van der Waals surface area contributed by atoms with E-state index in [1.165, 1.54) is 16.0 Å². The second-order valence-corrected chi connectivity index (χ2v) is 11.9. The topological polar surface area (TPSA) is 71.5 Å². The van der Waals surface area contributed by atoms with Gasteiger partial charge in [-0.25, -0.2) is 0 Å². The normalized spacial score (nSPS) is 22.1. The number of nitrogens with one attached hydrogen (secondary N) is 1. The fourth-order valence-corrected chi connectivity index (χ4v) is 7.36. The van der Waals surface area contributed by atoms with Crippen LogP contribution in [0.3, 0.4) is 0 Å². The molecule has 3 heterocycles. The van der Waals surface area contributed by atoms with Crippen LogP contribution in [0.4, 0.5) is 0 Å². The molecule has 1 saturated carbocycles. The molecule has 1 aliphatic heterocycles. The minimum Gasteiger partial charge on any atom is -0.491 e. The second kappa shape index (κ2) is 8.29. The van der Waals surface area contributed by atoms with E-state index < -0.39 is 0 Å². The minimum absolute atomic E-state index is 0.0405. The SMILES string of the molecule is CNCCOc1c(-c2ccnc3cc(CN4C(=O)C5C(C4=O)C5(C)C)sc23)cc(Cl)c2c1CCC2. The van der Waals surface area contributed by atoms with Crippen LogP contribution in [0.5, 0.6) is 5.75 Å². The number of fused-ring (bicyclic) bond motifs is 3. The predicted octanol–water partition coefficient (Wildman–Crippen LogP) is 4.84. The highest BCUT2D eigenvalue weighted by Crippen LogP contribution is 2.63. The first kappa shape index (κ1) is 23.0. The average Bonchev–Trinajstić information content (AvgIpc) is 3.27. The Morgan fingerprint density at radius 2 is 1.91 bits per heavy atom. The summed E-state index contributed by atoms with van der Waals surface area (Å²) in [6.45, 7) is 5.63. The molecule has 3 aliphatic rings. The van der Waals surface area contributed by atoms with Gasteiger partial charge in [0, 0.05) is 33.8 Å². The number of halogens is 1. The summed E-state index contributed by atoms with van der Waals surface area (Å²) in [5.74, 6) is 0.502. The number of pyridine rings is 1. The van der Waals surface area contributed by atoms with Crippen LogP contribution < -0.4 is 10.1 Å². The van der Waals surface area contributed by atoms with Crippen LogP contribution in [0.2, 0.25) is 5.02 Å². The van der Waals surface area contributed by atoms with Crippen molar-refractivity contribution in [2.75, 3.05) is 20.2 Å². The molecule has 35 heavy (non-hydrogen) atoms. The highest BCUT2D eigenvalue weighted by Gasteiger charge is 2.72. The molecule has 1 saturated heterocycles. The van der Waals surface area contributed by atoms with Gasteiger partial charge in [-0.2, -0.15) is 0 Å². The van der Waals surface area contributed by atoms with Gasteiger partial charge in [0.2, 0.25) is 11.8 Å². The van der Waals surface area contributed by atoms with Crippen molar-refractivity contribution in [1.29, 1.82) is 0 Å². The summed E-state index contributed by atoms with van der Waals surface area (Å²) in [7, 11) is 1.91. The number of hydrogen-bond donors (Lipinski definition) is 1. The number of imide groups is 1. The third-order valence-corrected chi connectivity index (χ3v) is 9.33. The van der Waals surface area contributed by atoms with Gasteiger partial charge in [0.1, 0.15) is 12.4 Å². The average molecular weight is 510 g/mol. The summed E-state index contributed by atoms with van der Waals surface area (Å²) in [5, 5.41) is 3.93. The first-order valence-electron chi connectivity index (χ1n) is 12.2. The van der Waals surface area contributed by atoms with Crippen molar-refractivity contribution in [2.45, 2.75) is 39.7 Å².